The van der Waals surface area contributed by atoms with E-state index in [1.54, 1.807) is 6.07 Å². The quantitative estimate of drug-likeness (QED) is 0.388. The number of amides is 1. The van der Waals surface area contributed by atoms with Gasteiger partial charge in [-0.1, -0.05) is 66.2 Å². The van der Waals surface area contributed by atoms with E-state index in [1.165, 1.54) is 6.20 Å². The number of anilines is 2. The van der Waals surface area contributed by atoms with Gasteiger partial charge in [-0.05, 0) is 23.9 Å². The number of carbonyl (C=O) groups excluding carboxylic acids is 1. The van der Waals surface area contributed by atoms with E-state index in [1.807, 2.05) is 67.6 Å². The number of alkyl halides is 3. The molecule has 5 nitrogen and oxygen atoms in total. The minimum absolute atomic E-state index is 0.0619. The van der Waals surface area contributed by atoms with Crippen molar-refractivity contribution < 1.29 is 18.0 Å². The van der Waals surface area contributed by atoms with Crippen LogP contribution in [0.25, 0.3) is 10.8 Å². The number of aryl methyl sites for hydroxylation is 1. The van der Waals surface area contributed by atoms with Crippen molar-refractivity contribution in [3.05, 3.63) is 89.6 Å². The van der Waals surface area contributed by atoms with Crippen molar-refractivity contribution in [1.29, 1.82) is 0 Å². The molecule has 0 bridgehead atoms. The summed E-state index contributed by atoms with van der Waals surface area (Å²) < 4.78 is 42.6. The summed E-state index contributed by atoms with van der Waals surface area (Å²) in [6.07, 6.45) is -3.53. The van der Waals surface area contributed by atoms with E-state index in [0.29, 0.717) is 5.69 Å². The smallest absolute Gasteiger partial charge is 0.363 e. The summed E-state index contributed by atoms with van der Waals surface area (Å²) in [6, 6.07) is 18.0. The first-order chi connectivity index (χ1) is 15.8. The second kappa shape index (κ2) is 7.95. The highest BCUT2D eigenvalue weighted by Gasteiger charge is 2.47. The minimum atomic E-state index is -4.50. The summed E-state index contributed by atoms with van der Waals surface area (Å²) in [5, 5.41) is 11.7. The maximum Gasteiger partial charge on any atom is 0.410 e. The first kappa shape index (κ1) is 21.1. The molecule has 0 fully saturated rings. The molecule has 0 saturated heterocycles. The fourth-order valence-corrected chi connectivity index (χ4v) is 4.27. The topological polar surface area (TPSA) is 59.0 Å². The Bertz CT molecular complexity index is 1320. The highest BCUT2D eigenvalue weighted by Crippen LogP contribution is 2.44. The molecule has 1 amide bonds. The molecule has 1 aliphatic rings. The molecular weight excluding hydrogens is 429 g/mol. The van der Waals surface area contributed by atoms with Gasteiger partial charge in [0, 0.05) is 17.5 Å². The normalized spacial score (nSPS) is 17.9. The van der Waals surface area contributed by atoms with Gasteiger partial charge >= 0.3 is 6.18 Å². The Morgan fingerprint density at radius 2 is 1.79 bits per heavy atom. The van der Waals surface area contributed by atoms with Crippen LogP contribution in [-0.2, 0) is 0 Å². The first-order valence-electron chi connectivity index (χ1n) is 10.6. The molecule has 2 N–H and O–H groups in total. The number of nitrogens with zero attached hydrogens (tertiary/aromatic N) is 2. The van der Waals surface area contributed by atoms with Crippen LogP contribution in [0.4, 0.5) is 24.7 Å². The number of aromatic nitrogens is 2. The average Bonchev–Trinajstić information content (AvgIpc) is 3.22. The van der Waals surface area contributed by atoms with E-state index in [9.17, 15) is 18.0 Å². The van der Waals surface area contributed by atoms with Crippen molar-refractivity contribution in [2.45, 2.75) is 31.6 Å². The number of hydrogen-bond donors (Lipinski definition) is 2. The van der Waals surface area contributed by atoms with Crippen LogP contribution in [0.5, 0.6) is 0 Å². The third kappa shape index (κ3) is 3.92. The summed E-state index contributed by atoms with van der Waals surface area (Å²) in [6.45, 7) is 1.92. The molecule has 33 heavy (non-hydrogen) atoms. The van der Waals surface area contributed by atoms with Crippen molar-refractivity contribution in [3.8, 4) is 0 Å². The number of fused-ring (bicyclic) bond motifs is 2. The van der Waals surface area contributed by atoms with E-state index in [4.69, 9.17) is 0 Å². The van der Waals surface area contributed by atoms with Crippen LogP contribution in [-0.4, -0.2) is 21.9 Å². The van der Waals surface area contributed by atoms with E-state index in [0.717, 1.165) is 26.6 Å². The van der Waals surface area contributed by atoms with Gasteiger partial charge in [0.15, 0.2) is 6.04 Å². The summed E-state index contributed by atoms with van der Waals surface area (Å²) >= 11 is 0. The SMILES string of the molecule is Cc1ccc([C@H]2C[C@H](C(F)(F)F)n3ncc(C(=O)Nc4cccc5ccccc45)c3N2)cc1. The Labute approximate surface area is 188 Å². The standard InChI is InChI=1S/C25H21F3N4O/c1-15-9-11-17(12-10-15)21-13-22(25(26,27)28)32-23(30-21)19(14-29-32)24(33)31-20-8-4-6-16-5-2-3-7-18(16)20/h2-12,14,21-22,30H,13H2,1H3,(H,31,33)/t21-,22-/m1/s1. The van der Waals surface area contributed by atoms with Crippen LogP contribution in [0.3, 0.4) is 0 Å². The maximum atomic E-state index is 13.9. The van der Waals surface area contributed by atoms with Crippen molar-refractivity contribution >= 4 is 28.2 Å². The Morgan fingerprint density at radius 3 is 2.55 bits per heavy atom. The Morgan fingerprint density at radius 1 is 1.06 bits per heavy atom. The van der Waals surface area contributed by atoms with E-state index in [-0.39, 0.29) is 17.8 Å². The van der Waals surface area contributed by atoms with Crippen molar-refractivity contribution in [3.63, 3.8) is 0 Å². The largest absolute Gasteiger partial charge is 0.410 e. The molecule has 8 heteroatoms. The molecule has 0 spiro atoms. The van der Waals surface area contributed by atoms with Crippen LogP contribution in [0.2, 0.25) is 0 Å². The molecule has 168 valence electrons. The van der Waals surface area contributed by atoms with Crippen LogP contribution >= 0.6 is 0 Å². The first-order valence-corrected chi connectivity index (χ1v) is 10.6. The Balaban J connectivity index is 1.51. The van der Waals surface area contributed by atoms with Crippen molar-refractivity contribution in [1.82, 2.24) is 9.78 Å². The summed E-state index contributed by atoms with van der Waals surface area (Å²) in [4.78, 5) is 13.1. The zero-order valence-corrected chi connectivity index (χ0v) is 17.7. The molecule has 1 aromatic heterocycles. The molecule has 5 rings (SSSR count). The maximum absolute atomic E-state index is 13.9. The lowest BCUT2D eigenvalue weighted by Gasteiger charge is -2.34. The molecule has 0 unspecified atom stereocenters. The number of hydrogen-bond acceptors (Lipinski definition) is 3. The highest BCUT2D eigenvalue weighted by atomic mass is 19.4. The zero-order valence-electron chi connectivity index (χ0n) is 17.7. The summed E-state index contributed by atoms with van der Waals surface area (Å²) in [7, 11) is 0. The van der Waals surface area contributed by atoms with Crippen LogP contribution in [0.15, 0.2) is 72.9 Å². The van der Waals surface area contributed by atoms with Gasteiger partial charge in [-0.15, -0.1) is 0 Å². The molecule has 0 radical (unpaired) electrons. The minimum Gasteiger partial charge on any atom is -0.363 e. The second-order valence-corrected chi connectivity index (χ2v) is 8.23. The predicted octanol–water partition coefficient (Wildman–Crippen LogP) is 6.26. The monoisotopic (exact) mass is 450 g/mol. The second-order valence-electron chi connectivity index (χ2n) is 8.23. The lowest BCUT2D eigenvalue weighted by molar-refractivity contribution is -0.173. The van der Waals surface area contributed by atoms with Gasteiger partial charge in [-0.25, -0.2) is 4.68 Å². The summed E-state index contributed by atoms with van der Waals surface area (Å²) in [5.74, 6) is -0.461. The van der Waals surface area contributed by atoms with Crippen molar-refractivity contribution in [2.24, 2.45) is 0 Å². The molecule has 4 aromatic rings. The van der Waals surface area contributed by atoms with Crippen LogP contribution < -0.4 is 10.6 Å². The molecular formula is C25H21F3N4O. The number of rotatable bonds is 3. The van der Waals surface area contributed by atoms with Gasteiger partial charge < -0.3 is 10.6 Å². The molecule has 1 aliphatic heterocycles. The molecule has 2 heterocycles. The number of halogens is 3. The number of nitrogens with one attached hydrogen (secondary N) is 2. The third-order valence-electron chi connectivity index (χ3n) is 6.00. The lowest BCUT2D eigenvalue weighted by Crippen LogP contribution is -2.36. The fraction of sp³-hybridized carbons (Fsp3) is 0.200. The fourth-order valence-electron chi connectivity index (χ4n) is 4.27. The number of carbonyl (C=O) groups is 1. The van der Waals surface area contributed by atoms with Gasteiger partial charge in [0.25, 0.3) is 5.91 Å². The molecule has 3 aromatic carbocycles. The highest BCUT2D eigenvalue weighted by molar-refractivity contribution is 6.11. The van der Waals surface area contributed by atoms with Gasteiger partial charge in [-0.2, -0.15) is 18.3 Å². The van der Waals surface area contributed by atoms with Crippen molar-refractivity contribution in [2.75, 3.05) is 10.6 Å². The predicted molar refractivity (Wildman–Crippen MR) is 121 cm³/mol. The van der Waals surface area contributed by atoms with E-state index in [2.05, 4.69) is 15.7 Å². The van der Waals surface area contributed by atoms with E-state index < -0.39 is 24.2 Å². The molecule has 0 aliphatic carbocycles. The third-order valence-corrected chi connectivity index (χ3v) is 6.00. The van der Waals surface area contributed by atoms with Crippen LogP contribution in [0, 0.1) is 6.92 Å². The number of benzene rings is 3. The Kier molecular flexibility index (Phi) is 5.08. The molecule has 2 atom stereocenters. The average molecular weight is 450 g/mol. The Hall–Kier alpha value is -3.81. The van der Waals surface area contributed by atoms with Crippen LogP contribution in [0.1, 0.15) is 40.0 Å². The van der Waals surface area contributed by atoms with Gasteiger partial charge in [0.05, 0.1) is 12.2 Å². The zero-order chi connectivity index (χ0) is 23.2. The summed E-state index contributed by atoms with van der Waals surface area (Å²) in [5.41, 5.74) is 2.38. The lowest BCUT2D eigenvalue weighted by atomic mass is 9.96. The van der Waals surface area contributed by atoms with Gasteiger partial charge in [-0.3, -0.25) is 4.79 Å². The van der Waals surface area contributed by atoms with Gasteiger partial charge in [0.1, 0.15) is 11.4 Å². The van der Waals surface area contributed by atoms with Gasteiger partial charge in [0.2, 0.25) is 0 Å². The molecule has 0 saturated carbocycles. The van der Waals surface area contributed by atoms with E-state index >= 15 is 0 Å².